The van der Waals surface area contributed by atoms with Crippen LogP contribution in [0.5, 0.6) is 5.75 Å². The highest BCUT2D eigenvalue weighted by Crippen LogP contribution is 2.19. The van der Waals surface area contributed by atoms with Crippen molar-refractivity contribution in [3.05, 3.63) is 29.8 Å². The summed E-state index contributed by atoms with van der Waals surface area (Å²) in [5, 5.41) is 5.92. The molecule has 1 aliphatic heterocycles. The predicted molar refractivity (Wildman–Crippen MR) is 79.5 cm³/mol. The van der Waals surface area contributed by atoms with Crippen LogP contribution in [-0.4, -0.2) is 38.3 Å². The molecule has 0 spiro atoms. The SMILES string of the molecule is CC(NC(=O)C1COCCN1)c1ccc(OC(F)F)cc1.Cl. The molecule has 2 unspecified atom stereocenters. The van der Waals surface area contributed by atoms with E-state index in [2.05, 4.69) is 15.4 Å². The number of halogens is 3. The molecule has 8 heteroatoms. The van der Waals surface area contributed by atoms with E-state index in [1.807, 2.05) is 6.92 Å². The zero-order chi connectivity index (χ0) is 15.2. The van der Waals surface area contributed by atoms with Crippen LogP contribution in [0.25, 0.3) is 0 Å². The molecule has 1 fully saturated rings. The Labute approximate surface area is 133 Å². The summed E-state index contributed by atoms with van der Waals surface area (Å²) in [5.74, 6) is -0.0512. The van der Waals surface area contributed by atoms with Gasteiger partial charge in [0, 0.05) is 6.54 Å². The van der Waals surface area contributed by atoms with Crippen molar-refractivity contribution in [2.24, 2.45) is 0 Å². The topological polar surface area (TPSA) is 59.6 Å². The van der Waals surface area contributed by atoms with Crippen LogP contribution in [0.1, 0.15) is 18.5 Å². The van der Waals surface area contributed by atoms with E-state index in [0.717, 1.165) is 5.56 Å². The molecular formula is C14H19ClF2N2O3. The second-order valence-corrected chi connectivity index (χ2v) is 4.76. The number of rotatable bonds is 5. The van der Waals surface area contributed by atoms with Gasteiger partial charge in [-0.25, -0.2) is 0 Å². The molecule has 0 radical (unpaired) electrons. The highest BCUT2D eigenvalue weighted by Gasteiger charge is 2.22. The van der Waals surface area contributed by atoms with Crippen molar-refractivity contribution in [2.45, 2.75) is 25.6 Å². The van der Waals surface area contributed by atoms with Gasteiger partial charge in [-0.3, -0.25) is 4.79 Å². The summed E-state index contributed by atoms with van der Waals surface area (Å²) in [5.41, 5.74) is 0.807. The fourth-order valence-corrected chi connectivity index (χ4v) is 2.07. The molecule has 2 N–H and O–H groups in total. The van der Waals surface area contributed by atoms with Gasteiger partial charge in [0.2, 0.25) is 5.91 Å². The minimum absolute atomic E-state index is 0. The minimum atomic E-state index is -2.84. The maximum absolute atomic E-state index is 12.1. The zero-order valence-corrected chi connectivity index (χ0v) is 12.9. The van der Waals surface area contributed by atoms with E-state index >= 15 is 0 Å². The lowest BCUT2D eigenvalue weighted by Crippen LogP contribution is -2.51. The average molecular weight is 337 g/mol. The molecule has 0 bridgehead atoms. The Kier molecular flexibility index (Phi) is 7.50. The van der Waals surface area contributed by atoms with Crippen molar-refractivity contribution in [1.82, 2.24) is 10.6 Å². The number of carbonyl (C=O) groups excluding carboxylic acids is 1. The predicted octanol–water partition coefficient (Wildman–Crippen LogP) is 1.88. The van der Waals surface area contributed by atoms with Crippen LogP contribution in [0.15, 0.2) is 24.3 Å². The number of hydrogen-bond donors (Lipinski definition) is 2. The number of ether oxygens (including phenoxy) is 2. The van der Waals surface area contributed by atoms with Gasteiger partial charge >= 0.3 is 6.61 Å². The number of morpholine rings is 1. The summed E-state index contributed by atoms with van der Waals surface area (Å²) in [6.07, 6.45) is 0. The Bertz CT molecular complexity index is 468. The lowest BCUT2D eigenvalue weighted by molar-refractivity contribution is -0.126. The van der Waals surface area contributed by atoms with Crippen LogP contribution >= 0.6 is 12.4 Å². The number of nitrogens with one attached hydrogen (secondary N) is 2. The summed E-state index contributed by atoms with van der Waals surface area (Å²) in [6.45, 7) is 0.576. The summed E-state index contributed by atoms with van der Waals surface area (Å²) in [6, 6.07) is 5.60. The molecule has 1 aromatic carbocycles. The van der Waals surface area contributed by atoms with Gasteiger partial charge in [0.05, 0.1) is 19.3 Å². The van der Waals surface area contributed by atoms with Gasteiger partial charge in [-0.2, -0.15) is 8.78 Å². The molecule has 1 aromatic rings. The Morgan fingerprint density at radius 2 is 2.09 bits per heavy atom. The Morgan fingerprint density at radius 1 is 1.41 bits per heavy atom. The van der Waals surface area contributed by atoms with Crippen molar-refractivity contribution < 1.29 is 23.0 Å². The number of hydrogen-bond acceptors (Lipinski definition) is 4. The molecule has 0 aliphatic carbocycles. The first-order valence-corrected chi connectivity index (χ1v) is 6.72. The molecule has 2 atom stereocenters. The van der Waals surface area contributed by atoms with Crippen LogP contribution < -0.4 is 15.4 Å². The quantitative estimate of drug-likeness (QED) is 0.862. The van der Waals surface area contributed by atoms with Gasteiger partial charge in [-0.05, 0) is 24.6 Å². The van der Waals surface area contributed by atoms with E-state index in [1.165, 1.54) is 12.1 Å². The van der Waals surface area contributed by atoms with Gasteiger partial charge in [0.1, 0.15) is 11.8 Å². The van der Waals surface area contributed by atoms with Gasteiger partial charge in [0.25, 0.3) is 0 Å². The Hall–Kier alpha value is -1.44. The molecule has 1 aliphatic rings. The summed E-state index contributed by atoms with van der Waals surface area (Å²) < 4.78 is 33.6. The molecule has 2 rings (SSSR count). The van der Waals surface area contributed by atoms with E-state index < -0.39 is 6.61 Å². The minimum Gasteiger partial charge on any atom is -0.435 e. The standard InChI is InChI=1S/C14H18F2N2O3.ClH/c1-9(18-13(19)12-8-20-7-6-17-12)10-2-4-11(5-3-10)21-14(15)16;/h2-5,9,12,14,17H,6-8H2,1H3,(H,18,19);1H. The van der Waals surface area contributed by atoms with E-state index in [9.17, 15) is 13.6 Å². The Balaban J connectivity index is 0.00000242. The lowest BCUT2D eigenvalue weighted by atomic mass is 10.1. The van der Waals surface area contributed by atoms with Crippen molar-refractivity contribution >= 4 is 18.3 Å². The van der Waals surface area contributed by atoms with Gasteiger partial charge < -0.3 is 20.1 Å². The molecule has 5 nitrogen and oxygen atoms in total. The number of carbonyl (C=O) groups is 1. The third kappa shape index (κ3) is 5.40. The van der Waals surface area contributed by atoms with Crippen molar-refractivity contribution in [3.8, 4) is 5.75 Å². The van der Waals surface area contributed by atoms with Crippen LogP contribution in [0.2, 0.25) is 0 Å². The molecular weight excluding hydrogens is 318 g/mol. The summed E-state index contributed by atoms with van der Waals surface area (Å²) >= 11 is 0. The molecule has 0 saturated carbocycles. The lowest BCUT2D eigenvalue weighted by Gasteiger charge is -2.25. The van der Waals surface area contributed by atoms with Crippen molar-refractivity contribution in [2.75, 3.05) is 19.8 Å². The van der Waals surface area contributed by atoms with Gasteiger partial charge in [-0.15, -0.1) is 12.4 Å². The summed E-state index contributed by atoms with van der Waals surface area (Å²) in [4.78, 5) is 12.0. The third-order valence-electron chi connectivity index (χ3n) is 3.20. The van der Waals surface area contributed by atoms with Gasteiger partial charge in [-0.1, -0.05) is 12.1 Å². The molecule has 1 amide bonds. The van der Waals surface area contributed by atoms with E-state index in [-0.39, 0.29) is 36.1 Å². The smallest absolute Gasteiger partial charge is 0.387 e. The molecule has 0 aromatic heterocycles. The highest BCUT2D eigenvalue weighted by atomic mass is 35.5. The largest absolute Gasteiger partial charge is 0.435 e. The van der Waals surface area contributed by atoms with E-state index in [1.54, 1.807) is 12.1 Å². The monoisotopic (exact) mass is 336 g/mol. The molecule has 1 heterocycles. The average Bonchev–Trinajstić information content (AvgIpc) is 2.48. The van der Waals surface area contributed by atoms with Crippen LogP contribution in [0.3, 0.4) is 0 Å². The van der Waals surface area contributed by atoms with Crippen LogP contribution in [-0.2, 0) is 9.53 Å². The molecule has 22 heavy (non-hydrogen) atoms. The van der Waals surface area contributed by atoms with Crippen molar-refractivity contribution in [1.29, 1.82) is 0 Å². The normalized spacial score (nSPS) is 19.2. The fraction of sp³-hybridized carbons (Fsp3) is 0.500. The number of amides is 1. The zero-order valence-electron chi connectivity index (χ0n) is 12.1. The number of benzene rings is 1. The highest BCUT2D eigenvalue weighted by molar-refractivity contribution is 5.85. The second-order valence-electron chi connectivity index (χ2n) is 4.76. The van der Waals surface area contributed by atoms with Crippen LogP contribution in [0, 0.1) is 0 Å². The Morgan fingerprint density at radius 3 is 2.64 bits per heavy atom. The second kappa shape index (κ2) is 8.87. The maximum Gasteiger partial charge on any atom is 0.387 e. The summed E-state index contributed by atoms with van der Waals surface area (Å²) in [7, 11) is 0. The third-order valence-corrected chi connectivity index (χ3v) is 3.20. The van der Waals surface area contributed by atoms with Crippen LogP contribution in [0.4, 0.5) is 8.78 Å². The maximum atomic E-state index is 12.1. The number of alkyl halides is 2. The van der Waals surface area contributed by atoms with Crippen molar-refractivity contribution in [3.63, 3.8) is 0 Å². The first kappa shape index (κ1) is 18.6. The molecule has 1 saturated heterocycles. The first-order valence-electron chi connectivity index (χ1n) is 6.72. The fourth-order valence-electron chi connectivity index (χ4n) is 2.07. The van der Waals surface area contributed by atoms with E-state index in [4.69, 9.17) is 4.74 Å². The first-order chi connectivity index (χ1) is 10.1. The van der Waals surface area contributed by atoms with E-state index in [0.29, 0.717) is 19.8 Å². The molecule has 124 valence electrons. The van der Waals surface area contributed by atoms with Gasteiger partial charge in [0.15, 0.2) is 0 Å².